The topological polar surface area (TPSA) is 41.1 Å². The largest absolute Gasteiger partial charge is 0.338 e. The van der Waals surface area contributed by atoms with E-state index in [2.05, 4.69) is 57.8 Å². The van der Waals surface area contributed by atoms with Gasteiger partial charge in [0.25, 0.3) is 0 Å². The van der Waals surface area contributed by atoms with E-state index in [0.29, 0.717) is 13.1 Å². The fourth-order valence-electron chi connectivity index (χ4n) is 1.92. The second-order valence-electron chi connectivity index (χ2n) is 4.97. The molecule has 0 aliphatic rings. The van der Waals surface area contributed by atoms with Gasteiger partial charge in [-0.1, -0.05) is 57.9 Å². The number of halogens is 1. The maximum absolute atomic E-state index is 11.7. The van der Waals surface area contributed by atoms with Crippen molar-refractivity contribution in [1.82, 2.24) is 10.6 Å². The Bertz CT molecular complexity index is 579. The van der Waals surface area contributed by atoms with Gasteiger partial charge in [-0.25, -0.2) is 4.79 Å². The van der Waals surface area contributed by atoms with Gasteiger partial charge in [0, 0.05) is 17.6 Å². The van der Waals surface area contributed by atoms with E-state index >= 15 is 0 Å². The summed E-state index contributed by atoms with van der Waals surface area (Å²) in [6.45, 7) is 3.23. The van der Waals surface area contributed by atoms with Crippen LogP contribution in [0.4, 0.5) is 4.79 Å². The lowest BCUT2D eigenvalue weighted by Crippen LogP contribution is -2.36. The molecule has 0 saturated heterocycles. The van der Waals surface area contributed by atoms with E-state index in [1.54, 1.807) is 0 Å². The molecule has 2 N–H and O–H groups in total. The lowest BCUT2D eigenvalue weighted by molar-refractivity contribution is 0.240. The van der Waals surface area contributed by atoms with Gasteiger partial charge in [-0.05, 0) is 36.6 Å². The van der Waals surface area contributed by atoms with E-state index in [9.17, 15) is 4.79 Å². The Kier molecular flexibility index (Phi) is 5.81. The van der Waals surface area contributed by atoms with Crippen molar-refractivity contribution in [2.45, 2.75) is 19.9 Å². The van der Waals surface area contributed by atoms with Crippen molar-refractivity contribution in [1.29, 1.82) is 0 Å². The minimum Gasteiger partial charge on any atom is -0.338 e. The average molecular weight is 347 g/mol. The summed E-state index contributed by atoms with van der Waals surface area (Å²) < 4.78 is 1.04. The highest BCUT2D eigenvalue weighted by Crippen LogP contribution is 2.10. The molecule has 0 fully saturated rings. The molecular weight excluding hydrogens is 328 g/mol. The smallest absolute Gasteiger partial charge is 0.315 e. The Morgan fingerprint density at radius 2 is 1.57 bits per heavy atom. The number of benzene rings is 2. The average Bonchev–Trinajstić information content (AvgIpc) is 2.49. The predicted octanol–water partition coefficient (Wildman–Crippen LogP) is 3.80. The van der Waals surface area contributed by atoms with Gasteiger partial charge in [-0.3, -0.25) is 0 Å². The zero-order chi connectivity index (χ0) is 15.1. The van der Waals surface area contributed by atoms with Crippen LogP contribution in [-0.2, 0) is 13.0 Å². The molecule has 0 heterocycles. The van der Waals surface area contributed by atoms with Crippen molar-refractivity contribution < 1.29 is 4.79 Å². The number of amides is 2. The number of urea groups is 1. The molecule has 3 nitrogen and oxygen atoms in total. The summed E-state index contributed by atoms with van der Waals surface area (Å²) in [4.78, 5) is 11.7. The van der Waals surface area contributed by atoms with Gasteiger partial charge >= 0.3 is 6.03 Å². The highest BCUT2D eigenvalue weighted by atomic mass is 79.9. The van der Waals surface area contributed by atoms with Crippen LogP contribution in [-0.4, -0.2) is 12.6 Å². The fraction of sp³-hybridized carbons (Fsp3) is 0.235. The minimum absolute atomic E-state index is 0.134. The van der Waals surface area contributed by atoms with Crippen LogP contribution in [0.3, 0.4) is 0 Å². The van der Waals surface area contributed by atoms with E-state index in [0.717, 1.165) is 16.5 Å². The number of carbonyl (C=O) groups excluding carboxylic acids is 1. The first-order chi connectivity index (χ1) is 10.1. The fourth-order valence-corrected chi connectivity index (χ4v) is 2.19. The summed E-state index contributed by atoms with van der Waals surface area (Å²) in [5.74, 6) is 0. The van der Waals surface area contributed by atoms with E-state index in [4.69, 9.17) is 0 Å². The van der Waals surface area contributed by atoms with E-state index in [-0.39, 0.29) is 6.03 Å². The lowest BCUT2D eigenvalue weighted by Gasteiger charge is -2.08. The first-order valence-corrected chi connectivity index (χ1v) is 7.74. The molecule has 0 atom stereocenters. The number of hydrogen-bond donors (Lipinski definition) is 2. The third kappa shape index (κ3) is 5.60. The zero-order valence-corrected chi connectivity index (χ0v) is 13.6. The Hall–Kier alpha value is -1.81. The van der Waals surface area contributed by atoms with E-state index in [1.807, 2.05) is 24.3 Å². The van der Waals surface area contributed by atoms with Gasteiger partial charge in [-0.2, -0.15) is 0 Å². The molecule has 2 amide bonds. The van der Waals surface area contributed by atoms with Crippen LogP contribution in [0, 0.1) is 6.92 Å². The molecule has 0 aliphatic heterocycles. The van der Waals surface area contributed by atoms with Crippen LogP contribution >= 0.6 is 15.9 Å². The molecule has 0 unspecified atom stereocenters. The van der Waals surface area contributed by atoms with Gasteiger partial charge in [0.05, 0.1) is 0 Å². The van der Waals surface area contributed by atoms with Gasteiger partial charge in [-0.15, -0.1) is 0 Å². The third-order valence-electron chi connectivity index (χ3n) is 3.19. The number of carbonyl (C=O) groups is 1. The molecule has 4 heteroatoms. The van der Waals surface area contributed by atoms with Crippen LogP contribution < -0.4 is 10.6 Å². The molecule has 0 aliphatic carbocycles. The summed E-state index contributed by atoms with van der Waals surface area (Å²) in [6.07, 6.45) is 0.839. The Morgan fingerprint density at radius 1 is 0.952 bits per heavy atom. The van der Waals surface area contributed by atoms with Crippen molar-refractivity contribution in [3.05, 3.63) is 69.7 Å². The summed E-state index contributed by atoms with van der Waals surface area (Å²) in [5.41, 5.74) is 3.56. The SMILES string of the molecule is Cc1ccc(CCNC(=O)NCc2ccc(Br)cc2)cc1. The molecule has 0 aromatic heterocycles. The maximum Gasteiger partial charge on any atom is 0.315 e. The van der Waals surface area contributed by atoms with Gasteiger partial charge in [0.15, 0.2) is 0 Å². The Labute approximate surface area is 133 Å². The number of aryl methyl sites for hydroxylation is 1. The molecule has 0 saturated carbocycles. The quantitative estimate of drug-likeness (QED) is 0.849. The second kappa shape index (κ2) is 7.84. The normalized spacial score (nSPS) is 10.2. The molecule has 110 valence electrons. The van der Waals surface area contributed by atoms with Crippen molar-refractivity contribution >= 4 is 22.0 Å². The van der Waals surface area contributed by atoms with Crippen molar-refractivity contribution in [3.63, 3.8) is 0 Å². The van der Waals surface area contributed by atoms with Gasteiger partial charge in [0.2, 0.25) is 0 Å². The standard InChI is InChI=1S/C17H19BrN2O/c1-13-2-4-14(5-3-13)10-11-19-17(21)20-12-15-6-8-16(18)9-7-15/h2-9H,10-12H2,1H3,(H2,19,20,21). The highest BCUT2D eigenvalue weighted by Gasteiger charge is 2.00. The van der Waals surface area contributed by atoms with Crippen molar-refractivity contribution in [3.8, 4) is 0 Å². The van der Waals surface area contributed by atoms with Crippen LogP contribution in [0.2, 0.25) is 0 Å². The molecule has 0 bridgehead atoms. The Morgan fingerprint density at radius 3 is 2.24 bits per heavy atom. The molecule has 2 aromatic carbocycles. The van der Waals surface area contributed by atoms with E-state index < -0.39 is 0 Å². The van der Waals surface area contributed by atoms with Crippen LogP contribution in [0.15, 0.2) is 53.0 Å². The minimum atomic E-state index is -0.134. The van der Waals surface area contributed by atoms with E-state index in [1.165, 1.54) is 11.1 Å². The lowest BCUT2D eigenvalue weighted by atomic mass is 10.1. The highest BCUT2D eigenvalue weighted by molar-refractivity contribution is 9.10. The van der Waals surface area contributed by atoms with Crippen molar-refractivity contribution in [2.24, 2.45) is 0 Å². The molecule has 0 spiro atoms. The summed E-state index contributed by atoms with van der Waals surface area (Å²) in [5, 5.41) is 5.72. The molecular formula is C17H19BrN2O. The molecule has 2 aromatic rings. The monoisotopic (exact) mass is 346 g/mol. The maximum atomic E-state index is 11.7. The zero-order valence-electron chi connectivity index (χ0n) is 12.0. The second-order valence-corrected chi connectivity index (χ2v) is 5.89. The van der Waals surface area contributed by atoms with Gasteiger partial charge in [0.1, 0.15) is 0 Å². The molecule has 0 radical (unpaired) electrons. The summed E-state index contributed by atoms with van der Waals surface area (Å²) >= 11 is 3.39. The molecule has 2 rings (SSSR count). The van der Waals surface area contributed by atoms with Crippen LogP contribution in [0.25, 0.3) is 0 Å². The first-order valence-electron chi connectivity index (χ1n) is 6.95. The Balaban J connectivity index is 1.67. The molecule has 21 heavy (non-hydrogen) atoms. The van der Waals surface area contributed by atoms with Crippen LogP contribution in [0.1, 0.15) is 16.7 Å². The summed E-state index contributed by atoms with van der Waals surface area (Å²) in [7, 11) is 0. The van der Waals surface area contributed by atoms with Crippen LogP contribution in [0.5, 0.6) is 0 Å². The predicted molar refractivity (Wildman–Crippen MR) is 89.3 cm³/mol. The first kappa shape index (κ1) is 15.6. The van der Waals surface area contributed by atoms with Crippen molar-refractivity contribution in [2.75, 3.05) is 6.54 Å². The number of nitrogens with one attached hydrogen (secondary N) is 2. The number of rotatable bonds is 5. The van der Waals surface area contributed by atoms with Gasteiger partial charge < -0.3 is 10.6 Å². The third-order valence-corrected chi connectivity index (χ3v) is 3.71. The summed E-state index contributed by atoms with van der Waals surface area (Å²) in [6, 6.07) is 16.1. The number of hydrogen-bond acceptors (Lipinski definition) is 1.